The number of hydrogen-bond acceptors (Lipinski definition) is 3. The second-order valence-corrected chi connectivity index (χ2v) is 7.01. The third-order valence-corrected chi connectivity index (χ3v) is 4.98. The van der Waals surface area contributed by atoms with E-state index in [0.29, 0.717) is 6.04 Å². The lowest BCUT2D eigenvalue weighted by molar-refractivity contribution is 0.415. The van der Waals surface area contributed by atoms with Crippen molar-refractivity contribution in [2.24, 2.45) is 0 Å². The van der Waals surface area contributed by atoms with Crippen molar-refractivity contribution in [3.63, 3.8) is 0 Å². The van der Waals surface area contributed by atoms with E-state index < -0.39 is 0 Å². The van der Waals surface area contributed by atoms with Crippen molar-refractivity contribution in [1.29, 1.82) is 0 Å². The molecule has 3 aromatic rings. The van der Waals surface area contributed by atoms with E-state index in [1.54, 1.807) is 7.11 Å². The van der Waals surface area contributed by atoms with Crippen molar-refractivity contribution < 1.29 is 4.74 Å². The summed E-state index contributed by atoms with van der Waals surface area (Å²) in [5.41, 5.74) is 2.15. The van der Waals surface area contributed by atoms with Gasteiger partial charge in [0.1, 0.15) is 5.75 Å². The molecule has 0 radical (unpaired) electrons. The van der Waals surface area contributed by atoms with Crippen LogP contribution in [0.2, 0.25) is 0 Å². The average Bonchev–Trinajstić information content (AvgIpc) is 3.00. The van der Waals surface area contributed by atoms with E-state index in [1.165, 1.54) is 9.75 Å². The number of nitrogens with zero attached hydrogens (tertiary/aromatic N) is 1. The van der Waals surface area contributed by atoms with Gasteiger partial charge in [0.05, 0.1) is 18.1 Å². The minimum Gasteiger partial charge on any atom is -0.497 e. The molecule has 110 valence electrons. The molecule has 0 saturated carbocycles. The number of aryl methyl sites for hydroxylation is 1. The van der Waals surface area contributed by atoms with Crippen LogP contribution in [0.25, 0.3) is 11.0 Å². The first-order valence-corrected chi connectivity index (χ1v) is 8.14. The molecule has 0 aliphatic rings. The van der Waals surface area contributed by atoms with Crippen molar-refractivity contribution in [1.82, 2.24) is 9.55 Å². The molecule has 0 saturated heterocycles. The summed E-state index contributed by atoms with van der Waals surface area (Å²) in [5.74, 6) is 0.840. The lowest BCUT2D eigenvalue weighted by Gasteiger charge is -2.13. The summed E-state index contributed by atoms with van der Waals surface area (Å²) >= 11 is 7.35. The van der Waals surface area contributed by atoms with Gasteiger partial charge in [-0.3, -0.25) is 0 Å². The van der Waals surface area contributed by atoms with Crippen molar-refractivity contribution in [3.05, 3.63) is 44.9 Å². The molecule has 0 amide bonds. The molecule has 5 heteroatoms. The molecule has 21 heavy (non-hydrogen) atoms. The topological polar surface area (TPSA) is 29.9 Å². The van der Waals surface area contributed by atoms with Gasteiger partial charge in [-0.15, -0.1) is 11.3 Å². The van der Waals surface area contributed by atoms with E-state index >= 15 is 0 Å². The molecule has 1 atom stereocenters. The van der Waals surface area contributed by atoms with Crippen LogP contribution in [-0.2, 0) is 6.42 Å². The Balaban J connectivity index is 1.99. The molecule has 1 N–H and O–H groups in total. The molecule has 3 rings (SSSR count). The van der Waals surface area contributed by atoms with Crippen LogP contribution in [-0.4, -0.2) is 16.7 Å². The lowest BCUT2D eigenvalue weighted by Crippen LogP contribution is -2.07. The van der Waals surface area contributed by atoms with E-state index in [9.17, 15) is 0 Å². The summed E-state index contributed by atoms with van der Waals surface area (Å²) in [6.07, 6.45) is 0.992. The Kier molecular flexibility index (Phi) is 3.87. The largest absolute Gasteiger partial charge is 0.497 e. The van der Waals surface area contributed by atoms with E-state index in [1.807, 2.05) is 23.5 Å². The molecular formula is C16H18N2OS2. The summed E-state index contributed by atoms with van der Waals surface area (Å²) < 4.78 is 8.23. The van der Waals surface area contributed by atoms with Gasteiger partial charge in [-0.25, -0.2) is 0 Å². The quantitative estimate of drug-likeness (QED) is 0.695. The maximum absolute atomic E-state index is 5.50. The van der Waals surface area contributed by atoms with Gasteiger partial charge in [-0.2, -0.15) is 0 Å². The summed E-state index contributed by atoms with van der Waals surface area (Å²) in [6, 6.07) is 10.7. The van der Waals surface area contributed by atoms with E-state index in [0.717, 1.165) is 28.0 Å². The molecular weight excluding hydrogens is 300 g/mol. The number of H-pyrrole nitrogens is 1. The molecule has 3 nitrogen and oxygen atoms in total. The van der Waals surface area contributed by atoms with Gasteiger partial charge in [-0.05, 0) is 50.3 Å². The third-order valence-electron chi connectivity index (χ3n) is 3.66. The van der Waals surface area contributed by atoms with Gasteiger partial charge >= 0.3 is 0 Å². The Morgan fingerprint density at radius 3 is 2.81 bits per heavy atom. The van der Waals surface area contributed by atoms with Gasteiger partial charge in [0.25, 0.3) is 0 Å². The maximum Gasteiger partial charge on any atom is 0.178 e. The highest BCUT2D eigenvalue weighted by atomic mass is 32.1. The van der Waals surface area contributed by atoms with Crippen molar-refractivity contribution in [3.8, 4) is 5.75 Å². The smallest absolute Gasteiger partial charge is 0.178 e. The lowest BCUT2D eigenvalue weighted by atomic mass is 10.2. The van der Waals surface area contributed by atoms with Crippen LogP contribution < -0.4 is 4.74 Å². The van der Waals surface area contributed by atoms with Crippen molar-refractivity contribution in [2.75, 3.05) is 7.11 Å². The summed E-state index contributed by atoms with van der Waals surface area (Å²) in [6.45, 7) is 4.35. The highest BCUT2D eigenvalue weighted by molar-refractivity contribution is 7.71. The Hall–Kier alpha value is -1.59. The average molecular weight is 318 g/mol. The van der Waals surface area contributed by atoms with E-state index in [4.69, 9.17) is 17.0 Å². The molecule has 0 spiro atoms. The minimum atomic E-state index is 0.317. The zero-order valence-electron chi connectivity index (χ0n) is 12.3. The zero-order chi connectivity index (χ0) is 15.0. The van der Waals surface area contributed by atoms with Crippen LogP contribution in [0.4, 0.5) is 0 Å². The number of nitrogens with one attached hydrogen (secondary N) is 1. The number of imidazole rings is 1. The summed E-state index contributed by atoms with van der Waals surface area (Å²) in [4.78, 5) is 6.02. The maximum atomic E-state index is 5.50. The normalized spacial score (nSPS) is 12.7. The molecule has 0 aliphatic carbocycles. The highest BCUT2D eigenvalue weighted by Gasteiger charge is 2.13. The van der Waals surface area contributed by atoms with Crippen LogP contribution in [0.1, 0.15) is 22.7 Å². The van der Waals surface area contributed by atoms with Crippen LogP contribution in [0, 0.1) is 11.7 Å². The van der Waals surface area contributed by atoms with Crippen LogP contribution in [0.5, 0.6) is 5.75 Å². The fourth-order valence-corrected chi connectivity index (χ4v) is 4.05. The Bertz CT molecular complexity index is 828. The molecule has 0 fully saturated rings. The van der Waals surface area contributed by atoms with Gasteiger partial charge in [0, 0.05) is 28.3 Å². The van der Waals surface area contributed by atoms with E-state index in [2.05, 4.69) is 41.6 Å². The number of benzene rings is 1. The van der Waals surface area contributed by atoms with Crippen LogP contribution in [0.3, 0.4) is 0 Å². The zero-order valence-corrected chi connectivity index (χ0v) is 14.0. The minimum absolute atomic E-state index is 0.317. The predicted octanol–water partition coefficient (Wildman–Crippen LogP) is 4.88. The number of aromatic nitrogens is 2. The molecule has 0 aliphatic heterocycles. The fourth-order valence-electron chi connectivity index (χ4n) is 2.65. The second-order valence-electron chi connectivity index (χ2n) is 5.25. The van der Waals surface area contributed by atoms with Crippen LogP contribution in [0.15, 0.2) is 30.3 Å². The number of methoxy groups -OCH3 is 1. The molecule has 1 unspecified atom stereocenters. The fraction of sp³-hybridized carbons (Fsp3) is 0.312. The SMILES string of the molecule is COc1ccc2c(c1)[nH]c(=S)n2C(C)Cc1ccc(C)s1. The number of thiophene rings is 1. The van der Waals surface area contributed by atoms with Crippen molar-refractivity contribution in [2.45, 2.75) is 26.3 Å². The Labute approximate surface area is 133 Å². The molecule has 0 bridgehead atoms. The first-order valence-electron chi connectivity index (χ1n) is 6.92. The molecule has 2 aromatic heterocycles. The van der Waals surface area contributed by atoms with E-state index in [-0.39, 0.29) is 0 Å². The summed E-state index contributed by atoms with van der Waals surface area (Å²) in [5, 5.41) is 0. The Morgan fingerprint density at radius 2 is 2.14 bits per heavy atom. The first-order chi connectivity index (χ1) is 10.1. The van der Waals surface area contributed by atoms with Gasteiger partial charge in [-0.1, -0.05) is 0 Å². The standard InChI is InChI=1S/C16H18N2OS2/c1-10(8-13-6-4-11(2)21-13)18-15-7-5-12(19-3)9-14(15)17-16(18)20/h4-7,9-10H,8H2,1-3H3,(H,17,20). The molecule has 2 heterocycles. The number of rotatable bonds is 4. The predicted molar refractivity (Wildman–Crippen MR) is 91.1 cm³/mol. The Morgan fingerprint density at radius 1 is 1.33 bits per heavy atom. The first kappa shape index (κ1) is 14.4. The third kappa shape index (κ3) is 2.76. The second kappa shape index (κ2) is 5.66. The number of hydrogen-bond donors (Lipinski definition) is 1. The van der Waals surface area contributed by atoms with Crippen molar-refractivity contribution >= 4 is 34.6 Å². The van der Waals surface area contributed by atoms with Crippen LogP contribution >= 0.6 is 23.6 Å². The number of ether oxygens (including phenoxy) is 1. The van der Waals surface area contributed by atoms with Gasteiger partial charge < -0.3 is 14.3 Å². The highest BCUT2D eigenvalue weighted by Crippen LogP contribution is 2.27. The van der Waals surface area contributed by atoms with Gasteiger partial charge in [0.15, 0.2) is 4.77 Å². The summed E-state index contributed by atoms with van der Waals surface area (Å²) in [7, 11) is 1.68. The number of aromatic amines is 1. The number of fused-ring (bicyclic) bond motifs is 1. The molecule has 1 aromatic carbocycles. The van der Waals surface area contributed by atoms with Gasteiger partial charge in [0.2, 0.25) is 0 Å². The monoisotopic (exact) mass is 318 g/mol.